The van der Waals surface area contributed by atoms with Gasteiger partial charge in [0, 0.05) is 20.2 Å². The summed E-state index contributed by atoms with van der Waals surface area (Å²) in [6, 6.07) is 39.6. The molecule has 0 aliphatic carbocycles. The molecule has 0 unspecified atom stereocenters. The van der Waals surface area contributed by atoms with Gasteiger partial charge in [-0.25, -0.2) is 0 Å². The minimum atomic E-state index is -1.48. The second kappa shape index (κ2) is 8.58. The zero-order valence-corrected chi connectivity index (χ0v) is 19.2. The highest BCUT2D eigenvalue weighted by Gasteiger charge is 2.16. The van der Waals surface area contributed by atoms with E-state index in [2.05, 4.69) is 84.9 Å². The fourth-order valence-electron chi connectivity index (χ4n) is 4.61. The second-order valence-corrected chi connectivity index (χ2v) is 9.43. The lowest BCUT2D eigenvalue weighted by molar-refractivity contribution is 0.426. The van der Waals surface area contributed by atoms with E-state index in [1.54, 1.807) is 17.4 Å². The normalized spacial score (nSPS) is 11.2. The van der Waals surface area contributed by atoms with E-state index < -0.39 is 7.12 Å². The summed E-state index contributed by atoms with van der Waals surface area (Å²) in [6.45, 7) is 0. The van der Waals surface area contributed by atoms with Crippen LogP contribution in [0.3, 0.4) is 0 Å². The molecular formula is C30H21BO2S. The Balaban J connectivity index is 1.50. The second-order valence-electron chi connectivity index (χ2n) is 8.41. The average molecular weight is 456 g/mol. The zero-order valence-electron chi connectivity index (χ0n) is 18.3. The predicted octanol–water partition coefficient (Wildman–Crippen LogP) is 6.74. The first-order valence-electron chi connectivity index (χ1n) is 11.3. The molecule has 6 aromatic rings. The fraction of sp³-hybridized carbons (Fsp3) is 0. The Morgan fingerprint density at radius 2 is 1.00 bits per heavy atom. The molecule has 5 aromatic carbocycles. The standard InChI is InChI=1S/C30H21BO2S/c32-31(33)24-10-4-9-23(19-24)26-12-6-14-28-27-13-5-11-25(29(27)34-30(26)28)22-17-15-21(16-18-22)20-7-2-1-3-8-20/h1-19,32-33H. The molecule has 34 heavy (non-hydrogen) atoms. The third-order valence-corrected chi connectivity index (χ3v) is 7.61. The quantitative estimate of drug-likeness (QED) is 0.289. The first-order chi connectivity index (χ1) is 16.7. The molecule has 0 radical (unpaired) electrons. The van der Waals surface area contributed by atoms with Crippen LogP contribution >= 0.6 is 11.3 Å². The summed E-state index contributed by atoms with van der Waals surface area (Å²) in [6.07, 6.45) is 0. The highest BCUT2D eigenvalue weighted by Crippen LogP contribution is 2.43. The molecule has 6 rings (SSSR count). The van der Waals surface area contributed by atoms with Crippen molar-refractivity contribution >= 4 is 44.1 Å². The topological polar surface area (TPSA) is 40.5 Å². The molecule has 0 saturated heterocycles. The van der Waals surface area contributed by atoms with E-state index >= 15 is 0 Å². The maximum atomic E-state index is 9.64. The van der Waals surface area contributed by atoms with Gasteiger partial charge in [0.2, 0.25) is 0 Å². The molecule has 1 heterocycles. The Bertz CT molecular complexity index is 1620. The number of thiophene rings is 1. The van der Waals surface area contributed by atoms with E-state index in [0.717, 1.165) is 11.1 Å². The SMILES string of the molecule is OB(O)c1cccc(-c2cccc3c2sc2c(-c4ccc(-c5ccccc5)cc4)cccc23)c1. The van der Waals surface area contributed by atoms with E-state index in [-0.39, 0.29) is 0 Å². The maximum absolute atomic E-state index is 9.64. The molecule has 0 atom stereocenters. The van der Waals surface area contributed by atoms with E-state index in [1.165, 1.54) is 42.4 Å². The van der Waals surface area contributed by atoms with Crippen LogP contribution in [0.15, 0.2) is 115 Å². The van der Waals surface area contributed by atoms with Gasteiger partial charge >= 0.3 is 7.12 Å². The van der Waals surface area contributed by atoms with E-state index in [4.69, 9.17) is 0 Å². The summed E-state index contributed by atoms with van der Waals surface area (Å²) in [5.74, 6) is 0. The minimum absolute atomic E-state index is 0.495. The van der Waals surface area contributed by atoms with Gasteiger partial charge in [-0.2, -0.15) is 0 Å². The lowest BCUT2D eigenvalue weighted by Gasteiger charge is -2.06. The molecule has 0 fully saturated rings. The molecule has 0 bridgehead atoms. The van der Waals surface area contributed by atoms with Gasteiger partial charge in [0.25, 0.3) is 0 Å². The molecular weight excluding hydrogens is 435 g/mol. The summed E-state index contributed by atoms with van der Waals surface area (Å²) in [5.41, 5.74) is 7.43. The van der Waals surface area contributed by atoms with Crippen LogP contribution in [0.2, 0.25) is 0 Å². The molecule has 4 heteroatoms. The molecule has 0 aliphatic rings. The Morgan fingerprint density at radius 1 is 0.471 bits per heavy atom. The molecule has 0 amide bonds. The van der Waals surface area contributed by atoms with Gasteiger partial charge in [0.15, 0.2) is 0 Å². The predicted molar refractivity (Wildman–Crippen MR) is 145 cm³/mol. The van der Waals surface area contributed by atoms with Crippen molar-refractivity contribution in [3.05, 3.63) is 115 Å². The van der Waals surface area contributed by atoms with Gasteiger partial charge in [-0.15, -0.1) is 11.3 Å². The smallest absolute Gasteiger partial charge is 0.423 e. The third-order valence-electron chi connectivity index (χ3n) is 6.32. The number of benzene rings is 5. The Labute approximate surface area is 202 Å². The molecule has 2 nitrogen and oxygen atoms in total. The van der Waals surface area contributed by atoms with Crippen LogP contribution in [0.1, 0.15) is 0 Å². The van der Waals surface area contributed by atoms with Gasteiger partial charge in [-0.3, -0.25) is 0 Å². The maximum Gasteiger partial charge on any atom is 0.488 e. The number of hydrogen-bond acceptors (Lipinski definition) is 3. The summed E-state index contributed by atoms with van der Waals surface area (Å²) >= 11 is 1.79. The lowest BCUT2D eigenvalue weighted by Crippen LogP contribution is -2.29. The van der Waals surface area contributed by atoms with E-state index in [0.29, 0.717) is 5.46 Å². The van der Waals surface area contributed by atoms with E-state index in [9.17, 15) is 10.0 Å². The van der Waals surface area contributed by atoms with Crippen molar-refractivity contribution < 1.29 is 10.0 Å². The van der Waals surface area contributed by atoms with Crippen LogP contribution in [0.4, 0.5) is 0 Å². The molecule has 0 saturated carbocycles. The van der Waals surface area contributed by atoms with Crippen LogP contribution in [-0.2, 0) is 0 Å². The molecule has 1 aromatic heterocycles. The van der Waals surface area contributed by atoms with Crippen LogP contribution < -0.4 is 5.46 Å². The van der Waals surface area contributed by atoms with Gasteiger partial charge in [-0.05, 0) is 38.8 Å². The van der Waals surface area contributed by atoms with E-state index in [1.807, 2.05) is 24.3 Å². The Kier molecular flexibility index (Phi) is 5.27. The third kappa shape index (κ3) is 3.62. The van der Waals surface area contributed by atoms with Gasteiger partial charge in [0.1, 0.15) is 0 Å². The van der Waals surface area contributed by atoms with Crippen LogP contribution in [0.5, 0.6) is 0 Å². The minimum Gasteiger partial charge on any atom is -0.423 e. The zero-order chi connectivity index (χ0) is 23.1. The first kappa shape index (κ1) is 20.9. The van der Waals surface area contributed by atoms with Crippen LogP contribution in [0.25, 0.3) is 53.6 Å². The molecule has 0 aliphatic heterocycles. The lowest BCUT2D eigenvalue weighted by atomic mass is 9.79. The van der Waals surface area contributed by atoms with Crippen molar-refractivity contribution in [3.8, 4) is 33.4 Å². The van der Waals surface area contributed by atoms with Crippen molar-refractivity contribution in [3.63, 3.8) is 0 Å². The number of fused-ring (bicyclic) bond motifs is 3. The summed E-state index contributed by atoms with van der Waals surface area (Å²) in [4.78, 5) is 0. The van der Waals surface area contributed by atoms with Crippen LogP contribution in [0, 0.1) is 0 Å². The summed E-state index contributed by atoms with van der Waals surface area (Å²) in [5, 5.41) is 21.7. The summed E-state index contributed by atoms with van der Waals surface area (Å²) < 4.78 is 2.46. The first-order valence-corrected chi connectivity index (χ1v) is 12.1. The molecule has 162 valence electrons. The number of rotatable bonds is 4. The van der Waals surface area contributed by atoms with Gasteiger partial charge < -0.3 is 10.0 Å². The van der Waals surface area contributed by atoms with Crippen molar-refractivity contribution in [1.29, 1.82) is 0 Å². The Morgan fingerprint density at radius 3 is 1.65 bits per heavy atom. The van der Waals surface area contributed by atoms with Gasteiger partial charge in [-0.1, -0.05) is 115 Å². The van der Waals surface area contributed by atoms with Crippen molar-refractivity contribution in [2.75, 3.05) is 0 Å². The monoisotopic (exact) mass is 456 g/mol. The van der Waals surface area contributed by atoms with Crippen molar-refractivity contribution in [1.82, 2.24) is 0 Å². The highest BCUT2D eigenvalue weighted by atomic mass is 32.1. The molecule has 0 spiro atoms. The number of hydrogen-bond donors (Lipinski definition) is 2. The van der Waals surface area contributed by atoms with Crippen molar-refractivity contribution in [2.24, 2.45) is 0 Å². The molecule has 2 N–H and O–H groups in total. The largest absolute Gasteiger partial charge is 0.488 e. The van der Waals surface area contributed by atoms with Crippen molar-refractivity contribution in [2.45, 2.75) is 0 Å². The fourth-order valence-corrected chi connectivity index (χ4v) is 5.99. The summed E-state index contributed by atoms with van der Waals surface area (Å²) in [7, 11) is -1.48. The van der Waals surface area contributed by atoms with Gasteiger partial charge in [0.05, 0.1) is 0 Å². The Hall–Kier alpha value is -3.70. The average Bonchev–Trinajstić information content (AvgIpc) is 3.28. The highest BCUT2D eigenvalue weighted by molar-refractivity contribution is 7.26. The van der Waals surface area contributed by atoms with Crippen LogP contribution in [-0.4, -0.2) is 17.2 Å².